The zero-order chi connectivity index (χ0) is 20.9. The fourth-order valence-electron chi connectivity index (χ4n) is 2.91. The lowest BCUT2D eigenvalue weighted by atomic mass is 10.1. The number of aromatic nitrogens is 1. The summed E-state index contributed by atoms with van der Waals surface area (Å²) >= 11 is 1.51. The van der Waals surface area contributed by atoms with E-state index in [4.69, 9.17) is 9.47 Å². The van der Waals surface area contributed by atoms with Crippen LogP contribution >= 0.6 is 11.5 Å². The Kier molecular flexibility index (Phi) is 6.64. The minimum Gasteiger partial charge on any atom is -0.497 e. The Hall–Kier alpha value is -2.73. The predicted molar refractivity (Wildman–Crippen MR) is 121 cm³/mol. The van der Waals surface area contributed by atoms with E-state index < -0.39 is 0 Å². The van der Waals surface area contributed by atoms with Crippen LogP contribution in [0, 0.1) is 0 Å². The lowest BCUT2D eigenvalue weighted by Crippen LogP contribution is -2.30. The van der Waals surface area contributed by atoms with Gasteiger partial charge in [0.2, 0.25) is 0 Å². The first-order valence-electron chi connectivity index (χ1n) is 9.73. The van der Waals surface area contributed by atoms with Gasteiger partial charge in [-0.25, -0.2) is 0 Å². The van der Waals surface area contributed by atoms with Crippen molar-refractivity contribution in [3.8, 4) is 21.9 Å². The van der Waals surface area contributed by atoms with Gasteiger partial charge < -0.3 is 14.8 Å². The molecule has 0 saturated carbocycles. The number of rotatable bonds is 8. The van der Waals surface area contributed by atoms with Gasteiger partial charge in [0.15, 0.2) is 0 Å². The number of hydrogen-bond acceptors (Lipinski definition) is 5. The summed E-state index contributed by atoms with van der Waals surface area (Å²) in [5.74, 6) is 1.61. The molecule has 2 aromatic carbocycles. The van der Waals surface area contributed by atoms with Crippen molar-refractivity contribution >= 4 is 17.2 Å². The molecule has 1 aromatic heterocycles. The van der Waals surface area contributed by atoms with Gasteiger partial charge in [0.05, 0.1) is 24.1 Å². The number of nitrogens with one attached hydrogen (secondary N) is 1. The van der Waals surface area contributed by atoms with E-state index >= 15 is 0 Å². The van der Waals surface area contributed by atoms with Crippen LogP contribution in [0.25, 0.3) is 10.4 Å². The van der Waals surface area contributed by atoms with Crippen LogP contribution in [0.3, 0.4) is 0 Å². The molecular formula is C23H28N2O3S. The summed E-state index contributed by atoms with van der Waals surface area (Å²) in [6, 6.07) is 17.6. The van der Waals surface area contributed by atoms with Crippen molar-refractivity contribution in [1.82, 2.24) is 3.96 Å². The first kappa shape index (κ1) is 21.0. The molecule has 0 saturated heterocycles. The van der Waals surface area contributed by atoms with E-state index in [-0.39, 0.29) is 11.1 Å². The normalized spacial score (nSPS) is 11.3. The van der Waals surface area contributed by atoms with Crippen LogP contribution in [0.15, 0.2) is 59.4 Å². The van der Waals surface area contributed by atoms with Crippen LogP contribution in [-0.4, -0.2) is 24.2 Å². The number of methoxy groups -OCH3 is 1. The van der Waals surface area contributed by atoms with Crippen molar-refractivity contribution in [3.05, 3.63) is 65.0 Å². The molecule has 0 atom stereocenters. The van der Waals surface area contributed by atoms with Gasteiger partial charge in [-0.1, -0.05) is 41.9 Å². The summed E-state index contributed by atoms with van der Waals surface area (Å²) < 4.78 is 12.8. The molecule has 6 heteroatoms. The maximum absolute atomic E-state index is 13.0. The highest BCUT2D eigenvalue weighted by atomic mass is 32.1. The lowest BCUT2D eigenvalue weighted by molar-refractivity contribution is 0.314. The Bertz CT molecular complexity index is 970. The molecule has 1 heterocycles. The number of benzene rings is 2. The Morgan fingerprint density at radius 3 is 2.28 bits per heavy atom. The maximum atomic E-state index is 13.0. The molecule has 0 unspecified atom stereocenters. The highest BCUT2D eigenvalue weighted by Crippen LogP contribution is 2.33. The summed E-state index contributed by atoms with van der Waals surface area (Å²) in [4.78, 5) is 14.0. The summed E-state index contributed by atoms with van der Waals surface area (Å²) in [6.07, 6.45) is 0.783. The molecule has 0 aliphatic heterocycles. The van der Waals surface area contributed by atoms with Crippen molar-refractivity contribution in [3.63, 3.8) is 0 Å². The van der Waals surface area contributed by atoms with Crippen LogP contribution < -0.4 is 20.3 Å². The predicted octanol–water partition coefficient (Wildman–Crippen LogP) is 5.22. The first-order chi connectivity index (χ1) is 13.9. The summed E-state index contributed by atoms with van der Waals surface area (Å²) in [5, 5.41) is 3.35. The Morgan fingerprint density at radius 1 is 1.00 bits per heavy atom. The second-order valence-electron chi connectivity index (χ2n) is 7.74. The number of hydrogen-bond donors (Lipinski definition) is 1. The minimum absolute atomic E-state index is 0.0254. The average Bonchev–Trinajstić information content (AvgIpc) is 3.05. The van der Waals surface area contributed by atoms with Crippen LogP contribution in [0.2, 0.25) is 0 Å². The van der Waals surface area contributed by atoms with Crippen molar-refractivity contribution < 1.29 is 9.47 Å². The molecule has 3 aromatic rings. The number of nitrogens with zero attached hydrogens (tertiary/aromatic N) is 1. The van der Waals surface area contributed by atoms with E-state index in [1.165, 1.54) is 11.5 Å². The SMILES string of the molecule is COc1ccc(OCCCNc2c(-c3ccccc3)sn(C(C)(C)C)c2=O)cc1. The highest BCUT2D eigenvalue weighted by molar-refractivity contribution is 7.11. The summed E-state index contributed by atoms with van der Waals surface area (Å²) in [6.45, 7) is 7.37. The summed E-state index contributed by atoms with van der Waals surface area (Å²) in [7, 11) is 1.64. The van der Waals surface area contributed by atoms with Crippen LogP contribution in [0.4, 0.5) is 5.69 Å². The van der Waals surface area contributed by atoms with Crippen LogP contribution in [0.1, 0.15) is 27.2 Å². The van der Waals surface area contributed by atoms with Crippen molar-refractivity contribution in [2.45, 2.75) is 32.7 Å². The van der Waals surface area contributed by atoms with E-state index in [9.17, 15) is 4.79 Å². The van der Waals surface area contributed by atoms with Crippen molar-refractivity contribution in [1.29, 1.82) is 0 Å². The zero-order valence-corrected chi connectivity index (χ0v) is 18.2. The van der Waals surface area contributed by atoms with Gasteiger partial charge in [-0.3, -0.25) is 8.75 Å². The van der Waals surface area contributed by atoms with Gasteiger partial charge in [0.1, 0.15) is 17.2 Å². The van der Waals surface area contributed by atoms with Gasteiger partial charge in [-0.05, 0) is 57.0 Å². The van der Waals surface area contributed by atoms with Crippen molar-refractivity contribution in [2.75, 3.05) is 25.6 Å². The van der Waals surface area contributed by atoms with Gasteiger partial charge in [-0.2, -0.15) is 0 Å². The summed E-state index contributed by atoms with van der Waals surface area (Å²) in [5.41, 5.74) is 1.48. The molecule has 5 nitrogen and oxygen atoms in total. The molecule has 0 aliphatic rings. The third kappa shape index (κ3) is 5.21. The van der Waals surface area contributed by atoms with Crippen molar-refractivity contribution in [2.24, 2.45) is 0 Å². The number of ether oxygens (including phenoxy) is 2. The highest BCUT2D eigenvalue weighted by Gasteiger charge is 2.23. The van der Waals surface area contributed by atoms with Gasteiger partial charge >= 0.3 is 0 Å². The largest absolute Gasteiger partial charge is 0.497 e. The van der Waals surface area contributed by atoms with Gasteiger partial charge in [0.25, 0.3) is 5.56 Å². The molecule has 0 aliphatic carbocycles. The van der Waals surface area contributed by atoms with E-state index in [2.05, 4.69) is 5.32 Å². The quantitative estimate of drug-likeness (QED) is 0.515. The molecule has 3 rings (SSSR count). The minimum atomic E-state index is -0.261. The Balaban J connectivity index is 1.66. The van der Waals surface area contributed by atoms with E-state index in [1.54, 1.807) is 7.11 Å². The monoisotopic (exact) mass is 412 g/mol. The third-order valence-corrected chi connectivity index (χ3v) is 5.92. The smallest absolute Gasteiger partial charge is 0.285 e. The second-order valence-corrected chi connectivity index (χ2v) is 8.69. The average molecular weight is 413 g/mol. The van der Waals surface area contributed by atoms with Crippen LogP contribution in [0.5, 0.6) is 11.5 Å². The standard InChI is InChI=1S/C23H28N2O3S/c1-23(2,3)25-22(26)20(21(29-25)17-9-6-5-7-10-17)24-15-8-16-28-19-13-11-18(27-4)12-14-19/h5-7,9-14,24H,8,15-16H2,1-4H3. The molecule has 1 N–H and O–H groups in total. The number of anilines is 1. The molecule has 0 spiro atoms. The van der Waals surface area contributed by atoms with E-state index in [0.717, 1.165) is 28.4 Å². The van der Waals surface area contributed by atoms with Crippen LogP contribution in [-0.2, 0) is 5.54 Å². The van der Waals surface area contributed by atoms with Gasteiger partial charge in [-0.15, -0.1) is 0 Å². The zero-order valence-electron chi connectivity index (χ0n) is 17.4. The Morgan fingerprint density at radius 2 is 1.66 bits per heavy atom. The lowest BCUT2D eigenvalue weighted by Gasteiger charge is -2.18. The maximum Gasteiger partial charge on any atom is 0.285 e. The molecule has 0 fully saturated rings. The van der Waals surface area contributed by atoms with Gasteiger partial charge in [0, 0.05) is 6.54 Å². The molecule has 0 radical (unpaired) electrons. The van der Waals surface area contributed by atoms with E-state index in [1.807, 2.05) is 79.3 Å². The molecule has 29 heavy (non-hydrogen) atoms. The first-order valence-corrected chi connectivity index (χ1v) is 10.5. The van der Waals surface area contributed by atoms with E-state index in [0.29, 0.717) is 18.8 Å². The second kappa shape index (κ2) is 9.18. The molecule has 0 bridgehead atoms. The molecular weight excluding hydrogens is 384 g/mol. The topological polar surface area (TPSA) is 52.5 Å². The molecule has 0 amide bonds. The Labute approximate surface area is 176 Å². The third-order valence-electron chi connectivity index (χ3n) is 4.40. The molecule has 154 valence electrons. The fraction of sp³-hybridized carbons (Fsp3) is 0.348. The fourth-order valence-corrected chi connectivity index (χ4v) is 4.03.